The Morgan fingerprint density at radius 1 is 0.950 bits per heavy atom. The first-order chi connectivity index (χ1) is 9.65. The van der Waals surface area contributed by atoms with Crippen LogP contribution in [0.2, 0.25) is 0 Å². The summed E-state index contributed by atoms with van der Waals surface area (Å²) >= 11 is 0. The van der Waals surface area contributed by atoms with Crippen LogP contribution in [0.3, 0.4) is 0 Å². The number of hydrazine groups is 1. The number of rotatable bonds is 3. The van der Waals surface area contributed by atoms with E-state index in [1.54, 1.807) is 42.5 Å². The summed E-state index contributed by atoms with van der Waals surface area (Å²) in [5.41, 5.74) is 5.79. The average Bonchev–Trinajstić information content (AvgIpc) is 2.46. The van der Waals surface area contributed by atoms with Crippen molar-refractivity contribution in [3.8, 4) is 5.75 Å². The third kappa shape index (κ3) is 3.84. The SMILES string of the molecule is O=C(Cc1cccc(O)c1)NNC(=O)c1ccccc1. The van der Waals surface area contributed by atoms with E-state index in [4.69, 9.17) is 0 Å². The molecule has 0 radical (unpaired) electrons. The molecule has 2 aromatic rings. The van der Waals surface area contributed by atoms with Crippen molar-refractivity contribution in [3.63, 3.8) is 0 Å². The topological polar surface area (TPSA) is 78.4 Å². The highest BCUT2D eigenvalue weighted by Gasteiger charge is 2.07. The number of carbonyl (C=O) groups is 2. The monoisotopic (exact) mass is 270 g/mol. The van der Waals surface area contributed by atoms with Crippen LogP contribution in [0.15, 0.2) is 54.6 Å². The third-order valence-electron chi connectivity index (χ3n) is 2.63. The molecule has 0 spiro atoms. The molecule has 0 aliphatic heterocycles. The minimum Gasteiger partial charge on any atom is -0.508 e. The van der Waals surface area contributed by atoms with Crippen molar-refractivity contribution in [3.05, 3.63) is 65.7 Å². The summed E-state index contributed by atoms with van der Waals surface area (Å²) in [5.74, 6) is -0.640. The molecule has 2 rings (SSSR count). The van der Waals surface area contributed by atoms with E-state index in [-0.39, 0.29) is 24.0 Å². The van der Waals surface area contributed by atoms with Crippen LogP contribution < -0.4 is 10.9 Å². The van der Waals surface area contributed by atoms with Crippen LogP contribution in [0.25, 0.3) is 0 Å². The van der Waals surface area contributed by atoms with Gasteiger partial charge >= 0.3 is 0 Å². The first-order valence-corrected chi connectivity index (χ1v) is 6.07. The van der Waals surface area contributed by atoms with Gasteiger partial charge in [-0.3, -0.25) is 20.4 Å². The lowest BCUT2D eigenvalue weighted by molar-refractivity contribution is -0.121. The molecule has 0 bridgehead atoms. The highest BCUT2D eigenvalue weighted by molar-refractivity contribution is 5.95. The lowest BCUT2D eigenvalue weighted by atomic mass is 10.1. The Morgan fingerprint density at radius 3 is 2.40 bits per heavy atom. The van der Waals surface area contributed by atoms with Gasteiger partial charge < -0.3 is 5.11 Å². The molecule has 0 unspecified atom stereocenters. The second kappa shape index (κ2) is 6.38. The zero-order valence-electron chi connectivity index (χ0n) is 10.7. The second-order valence-electron chi connectivity index (χ2n) is 4.22. The molecule has 2 aromatic carbocycles. The van der Waals surface area contributed by atoms with E-state index in [0.29, 0.717) is 11.1 Å². The van der Waals surface area contributed by atoms with Gasteiger partial charge in [-0.05, 0) is 29.8 Å². The molecule has 0 fully saturated rings. The Kier molecular flexibility index (Phi) is 4.34. The van der Waals surface area contributed by atoms with E-state index >= 15 is 0 Å². The Labute approximate surface area is 116 Å². The van der Waals surface area contributed by atoms with Crippen molar-refractivity contribution < 1.29 is 14.7 Å². The number of amides is 2. The molecule has 0 aromatic heterocycles. The van der Waals surface area contributed by atoms with Gasteiger partial charge in [0.1, 0.15) is 5.75 Å². The predicted molar refractivity (Wildman–Crippen MR) is 73.9 cm³/mol. The van der Waals surface area contributed by atoms with E-state index in [0.717, 1.165) is 0 Å². The average molecular weight is 270 g/mol. The fraction of sp³-hybridized carbons (Fsp3) is 0.0667. The molecule has 0 aliphatic carbocycles. The van der Waals surface area contributed by atoms with Crippen LogP contribution >= 0.6 is 0 Å². The number of carbonyl (C=O) groups excluding carboxylic acids is 2. The summed E-state index contributed by atoms with van der Waals surface area (Å²) in [6, 6.07) is 15.0. The number of nitrogens with one attached hydrogen (secondary N) is 2. The van der Waals surface area contributed by atoms with Crippen molar-refractivity contribution in [2.45, 2.75) is 6.42 Å². The van der Waals surface area contributed by atoms with Gasteiger partial charge in [0.15, 0.2) is 0 Å². The van der Waals surface area contributed by atoms with E-state index in [1.165, 1.54) is 12.1 Å². The van der Waals surface area contributed by atoms with E-state index < -0.39 is 0 Å². The van der Waals surface area contributed by atoms with Gasteiger partial charge in [-0.2, -0.15) is 0 Å². The molecule has 0 atom stereocenters. The third-order valence-corrected chi connectivity index (χ3v) is 2.63. The summed E-state index contributed by atoms with van der Waals surface area (Å²) in [5, 5.41) is 9.29. The maximum atomic E-state index is 11.7. The Balaban J connectivity index is 1.85. The summed E-state index contributed by atoms with van der Waals surface area (Å²) in [6.45, 7) is 0. The summed E-state index contributed by atoms with van der Waals surface area (Å²) < 4.78 is 0. The molecule has 5 heteroatoms. The molecule has 0 saturated carbocycles. The number of hydrogen-bond acceptors (Lipinski definition) is 3. The number of hydrogen-bond donors (Lipinski definition) is 3. The lowest BCUT2D eigenvalue weighted by Gasteiger charge is -2.07. The fourth-order valence-electron chi connectivity index (χ4n) is 1.68. The molecule has 20 heavy (non-hydrogen) atoms. The van der Waals surface area contributed by atoms with Crippen molar-refractivity contribution in [1.29, 1.82) is 0 Å². The predicted octanol–water partition coefficient (Wildman–Crippen LogP) is 1.40. The molecule has 0 aliphatic rings. The van der Waals surface area contributed by atoms with Crippen LogP contribution in [0.1, 0.15) is 15.9 Å². The largest absolute Gasteiger partial charge is 0.508 e. The van der Waals surface area contributed by atoms with Gasteiger partial charge in [0, 0.05) is 5.56 Å². The van der Waals surface area contributed by atoms with Gasteiger partial charge in [-0.1, -0.05) is 30.3 Å². The number of phenolic OH excluding ortho intramolecular Hbond substituents is 1. The van der Waals surface area contributed by atoms with Crippen molar-refractivity contribution in [2.24, 2.45) is 0 Å². The van der Waals surface area contributed by atoms with Crippen LogP contribution in [0, 0.1) is 0 Å². The summed E-state index contributed by atoms with van der Waals surface area (Å²) in [6.07, 6.45) is 0.0729. The number of phenols is 1. The van der Waals surface area contributed by atoms with E-state index in [1.807, 2.05) is 0 Å². The molecule has 2 amide bonds. The molecule has 3 N–H and O–H groups in total. The normalized spacial score (nSPS) is 9.80. The zero-order valence-corrected chi connectivity index (χ0v) is 10.7. The Hall–Kier alpha value is -2.82. The highest BCUT2D eigenvalue weighted by Crippen LogP contribution is 2.11. The molecule has 0 saturated heterocycles. The molecule has 0 heterocycles. The highest BCUT2D eigenvalue weighted by atomic mass is 16.3. The van der Waals surface area contributed by atoms with Gasteiger partial charge in [0.25, 0.3) is 5.91 Å². The Morgan fingerprint density at radius 2 is 1.70 bits per heavy atom. The van der Waals surface area contributed by atoms with Gasteiger partial charge in [-0.15, -0.1) is 0 Å². The second-order valence-corrected chi connectivity index (χ2v) is 4.22. The summed E-state index contributed by atoms with van der Waals surface area (Å²) in [4.78, 5) is 23.3. The van der Waals surface area contributed by atoms with Crippen molar-refractivity contribution >= 4 is 11.8 Å². The smallest absolute Gasteiger partial charge is 0.269 e. The summed E-state index contributed by atoms with van der Waals surface area (Å²) in [7, 11) is 0. The minimum atomic E-state index is -0.380. The molecule has 102 valence electrons. The fourth-order valence-corrected chi connectivity index (χ4v) is 1.68. The van der Waals surface area contributed by atoms with Crippen LogP contribution in [0.4, 0.5) is 0 Å². The van der Waals surface area contributed by atoms with Gasteiger partial charge in [0.2, 0.25) is 5.91 Å². The standard InChI is InChI=1S/C15H14N2O3/c18-13-8-4-5-11(9-13)10-14(19)16-17-15(20)12-6-2-1-3-7-12/h1-9,18H,10H2,(H,16,19)(H,17,20). The quantitative estimate of drug-likeness (QED) is 0.738. The minimum absolute atomic E-state index is 0.0729. The van der Waals surface area contributed by atoms with Gasteiger partial charge in [-0.25, -0.2) is 0 Å². The zero-order chi connectivity index (χ0) is 14.4. The van der Waals surface area contributed by atoms with E-state index in [9.17, 15) is 14.7 Å². The van der Waals surface area contributed by atoms with Crippen LogP contribution in [0.5, 0.6) is 5.75 Å². The Bertz CT molecular complexity index is 612. The first-order valence-electron chi connectivity index (χ1n) is 6.07. The molecular formula is C15H14N2O3. The first kappa shape index (κ1) is 13.6. The number of benzene rings is 2. The maximum absolute atomic E-state index is 11.7. The lowest BCUT2D eigenvalue weighted by Crippen LogP contribution is -2.42. The maximum Gasteiger partial charge on any atom is 0.269 e. The van der Waals surface area contributed by atoms with Gasteiger partial charge in [0.05, 0.1) is 6.42 Å². The van der Waals surface area contributed by atoms with E-state index in [2.05, 4.69) is 10.9 Å². The number of aromatic hydroxyl groups is 1. The van der Waals surface area contributed by atoms with Crippen LogP contribution in [-0.2, 0) is 11.2 Å². The van der Waals surface area contributed by atoms with Crippen molar-refractivity contribution in [2.75, 3.05) is 0 Å². The van der Waals surface area contributed by atoms with Crippen molar-refractivity contribution in [1.82, 2.24) is 10.9 Å². The molecule has 5 nitrogen and oxygen atoms in total. The van der Waals surface area contributed by atoms with Crippen LogP contribution in [-0.4, -0.2) is 16.9 Å². The molecular weight excluding hydrogens is 256 g/mol.